The Balaban J connectivity index is 1.38. The molecule has 0 saturated carbocycles. The van der Waals surface area contributed by atoms with Crippen molar-refractivity contribution in [3.8, 4) is 11.5 Å². The number of hydrogen-bond acceptors (Lipinski definition) is 6. The number of aromatic nitrogens is 5. The van der Waals surface area contributed by atoms with Crippen molar-refractivity contribution in [1.29, 1.82) is 0 Å². The molecule has 0 radical (unpaired) electrons. The quantitative estimate of drug-likeness (QED) is 0.790. The van der Waals surface area contributed by atoms with Gasteiger partial charge in [-0.2, -0.15) is 10.1 Å². The van der Waals surface area contributed by atoms with Crippen molar-refractivity contribution >= 4 is 0 Å². The molecule has 7 nitrogen and oxygen atoms in total. The Labute approximate surface area is 133 Å². The molecule has 0 saturated heterocycles. The van der Waals surface area contributed by atoms with Gasteiger partial charge in [0.2, 0.25) is 0 Å². The lowest BCUT2D eigenvalue weighted by Gasteiger charge is -2.22. The van der Waals surface area contributed by atoms with Crippen LogP contribution in [0.5, 0.6) is 0 Å². The highest BCUT2D eigenvalue weighted by atomic mass is 16.5. The first-order valence-electron chi connectivity index (χ1n) is 7.77. The first-order valence-corrected chi connectivity index (χ1v) is 7.77. The molecule has 7 heteroatoms. The van der Waals surface area contributed by atoms with Crippen LogP contribution in [0, 0.1) is 6.92 Å². The van der Waals surface area contributed by atoms with E-state index in [2.05, 4.69) is 32.5 Å². The van der Waals surface area contributed by atoms with Gasteiger partial charge in [-0.05, 0) is 25.5 Å². The molecule has 23 heavy (non-hydrogen) atoms. The molecule has 1 atom stereocenters. The standard InChI is InChI=1S/C16H18N6O/c1-11-2-4-12(5-3-11)16-20-14(21-23-16)8-17-13-6-7-15-18-10-19-22(15)9-13/h2-5,10,13,17H,6-9H2,1H3. The number of aryl methyl sites for hydroxylation is 2. The lowest BCUT2D eigenvalue weighted by molar-refractivity contribution is 0.350. The van der Waals surface area contributed by atoms with Crippen molar-refractivity contribution < 1.29 is 4.52 Å². The van der Waals surface area contributed by atoms with Crippen LogP contribution in [0.2, 0.25) is 0 Å². The van der Waals surface area contributed by atoms with E-state index in [0.717, 1.165) is 30.8 Å². The summed E-state index contributed by atoms with van der Waals surface area (Å²) in [6.07, 6.45) is 3.60. The van der Waals surface area contributed by atoms with Crippen molar-refractivity contribution in [1.82, 2.24) is 30.2 Å². The van der Waals surface area contributed by atoms with Crippen molar-refractivity contribution in [2.45, 2.75) is 38.9 Å². The summed E-state index contributed by atoms with van der Waals surface area (Å²) in [5.41, 5.74) is 2.15. The van der Waals surface area contributed by atoms with E-state index in [0.29, 0.717) is 24.3 Å². The first kappa shape index (κ1) is 14.1. The zero-order chi connectivity index (χ0) is 15.6. The highest BCUT2D eigenvalue weighted by molar-refractivity contribution is 5.53. The van der Waals surface area contributed by atoms with Gasteiger partial charge in [0.1, 0.15) is 12.2 Å². The number of nitrogens with one attached hydrogen (secondary N) is 1. The van der Waals surface area contributed by atoms with Gasteiger partial charge in [0, 0.05) is 18.0 Å². The SMILES string of the molecule is Cc1ccc(-c2nc(CNC3CCc4ncnn4C3)no2)cc1. The van der Waals surface area contributed by atoms with Crippen LogP contribution in [-0.4, -0.2) is 30.9 Å². The molecule has 1 unspecified atom stereocenters. The van der Waals surface area contributed by atoms with E-state index in [-0.39, 0.29) is 0 Å². The summed E-state index contributed by atoms with van der Waals surface area (Å²) in [6.45, 7) is 3.47. The number of fused-ring (bicyclic) bond motifs is 1. The third-order valence-electron chi connectivity index (χ3n) is 4.12. The molecule has 0 amide bonds. The topological polar surface area (TPSA) is 81.7 Å². The summed E-state index contributed by atoms with van der Waals surface area (Å²) in [5.74, 6) is 2.29. The van der Waals surface area contributed by atoms with Crippen LogP contribution in [0.1, 0.15) is 23.6 Å². The molecule has 1 aliphatic rings. The third kappa shape index (κ3) is 3.00. The number of nitrogens with zero attached hydrogens (tertiary/aromatic N) is 5. The van der Waals surface area contributed by atoms with E-state index < -0.39 is 0 Å². The molecule has 118 valence electrons. The predicted molar refractivity (Wildman–Crippen MR) is 83.4 cm³/mol. The second kappa shape index (κ2) is 5.92. The fourth-order valence-electron chi connectivity index (χ4n) is 2.78. The summed E-state index contributed by atoms with van der Waals surface area (Å²) in [4.78, 5) is 8.69. The van der Waals surface area contributed by atoms with Gasteiger partial charge in [0.25, 0.3) is 5.89 Å². The molecule has 1 N–H and O–H groups in total. The summed E-state index contributed by atoms with van der Waals surface area (Å²) < 4.78 is 7.30. The normalized spacial score (nSPS) is 17.2. The third-order valence-corrected chi connectivity index (χ3v) is 4.12. The van der Waals surface area contributed by atoms with Gasteiger partial charge in [-0.1, -0.05) is 22.9 Å². The van der Waals surface area contributed by atoms with Crippen LogP contribution >= 0.6 is 0 Å². The Morgan fingerprint density at radius 2 is 2.17 bits per heavy atom. The van der Waals surface area contributed by atoms with E-state index in [1.165, 1.54) is 5.56 Å². The zero-order valence-electron chi connectivity index (χ0n) is 12.9. The predicted octanol–water partition coefficient (Wildman–Crippen LogP) is 1.74. The molecule has 0 spiro atoms. The molecule has 0 fully saturated rings. The molecule has 3 aromatic rings. The van der Waals surface area contributed by atoms with Crippen LogP contribution in [0.3, 0.4) is 0 Å². The molecule has 2 aromatic heterocycles. The summed E-state index contributed by atoms with van der Waals surface area (Å²) in [7, 11) is 0. The average Bonchev–Trinajstić information content (AvgIpc) is 3.22. The lowest BCUT2D eigenvalue weighted by atomic mass is 10.1. The van der Waals surface area contributed by atoms with Gasteiger partial charge in [0.05, 0.1) is 13.1 Å². The fraction of sp³-hybridized carbons (Fsp3) is 0.375. The minimum Gasteiger partial charge on any atom is -0.334 e. The largest absolute Gasteiger partial charge is 0.334 e. The van der Waals surface area contributed by atoms with Gasteiger partial charge in [0.15, 0.2) is 5.82 Å². The maximum Gasteiger partial charge on any atom is 0.257 e. The number of benzene rings is 1. The molecular weight excluding hydrogens is 292 g/mol. The Bertz CT molecular complexity index is 791. The molecule has 1 aliphatic heterocycles. The van der Waals surface area contributed by atoms with Crippen molar-refractivity contribution in [2.75, 3.05) is 0 Å². The smallest absolute Gasteiger partial charge is 0.257 e. The van der Waals surface area contributed by atoms with Crippen molar-refractivity contribution in [3.05, 3.63) is 47.8 Å². The van der Waals surface area contributed by atoms with E-state index >= 15 is 0 Å². The molecule has 0 aliphatic carbocycles. The average molecular weight is 310 g/mol. The van der Waals surface area contributed by atoms with Gasteiger partial charge >= 0.3 is 0 Å². The Hall–Kier alpha value is -2.54. The van der Waals surface area contributed by atoms with Crippen molar-refractivity contribution in [2.24, 2.45) is 0 Å². The molecule has 3 heterocycles. The fourth-order valence-corrected chi connectivity index (χ4v) is 2.78. The Morgan fingerprint density at radius 1 is 1.30 bits per heavy atom. The van der Waals surface area contributed by atoms with Crippen LogP contribution < -0.4 is 5.32 Å². The minimum atomic E-state index is 0.352. The maximum absolute atomic E-state index is 5.35. The summed E-state index contributed by atoms with van der Waals surface area (Å²) in [5, 5.41) is 11.7. The highest BCUT2D eigenvalue weighted by Crippen LogP contribution is 2.18. The molecular formula is C16H18N6O. The van der Waals surface area contributed by atoms with Crippen LogP contribution in [0.25, 0.3) is 11.5 Å². The second-order valence-corrected chi connectivity index (χ2v) is 5.86. The molecule has 1 aromatic carbocycles. The summed E-state index contributed by atoms with van der Waals surface area (Å²) >= 11 is 0. The Morgan fingerprint density at radius 3 is 3.04 bits per heavy atom. The van der Waals surface area contributed by atoms with E-state index in [1.807, 2.05) is 28.9 Å². The maximum atomic E-state index is 5.35. The molecule has 4 rings (SSSR count). The van der Waals surface area contributed by atoms with Crippen LogP contribution in [-0.2, 0) is 19.5 Å². The minimum absolute atomic E-state index is 0.352. The van der Waals surface area contributed by atoms with Gasteiger partial charge in [-0.3, -0.25) is 0 Å². The van der Waals surface area contributed by atoms with Crippen LogP contribution in [0.4, 0.5) is 0 Å². The lowest BCUT2D eigenvalue weighted by Crippen LogP contribution is -2.37. The molecule has 0 bridgehead atoms. The van der Waals surface area contributed by atoms with Crippen molar-refractivity contribution in [3.63, 3.8) is 0 Å². The zero-order valence-corrected chi connectivity index (χ0v) is 12.9. The van der Waals surface area contributed by atoms with Gasteiger partial charge < -0.3 is 9.84 Å². The number of hydrogen-bond donors (Lipinski definition) is 1. The van der Waals surface area contributed by atoms with E-state index in [1.54, 1.807) is 6.33 Å². The van der Waals surface area contributed by atoms with E-state index in [9.17, 15) is 0 Å². The summed E-state index contributed by atoms with van der Waals surface area (Å²) in [6, 6.07) is 8.41. The monoisotopic (exact) mass is 310 g/mol. The second-order valence-electron chi connectivity index (χ2n) is 5.86. The van der Waals surface area contributed by atoms with Gasteiger partial charge in [-0.15, -0.1) is 0 Å². The Kier molecular flexibility index (Phi) is 3.63. The van der Waals surface area contributed by atoms with E-state index in [4.69, 9.17) is 4.52 Å². The van der Waals surface area contributed by atoms with Crippen LogP contribution in [0.15, 0.2) is 35.1 Å². The van der Waals surface area contributed by atoms with Gasteiger partial charge in [-0.25, -0.2) is 9.67 Å². The highest BCUT2D eigenvalue weighted by Gasteiger charge is 2.20. The first-order chi connectivity index (χ1) is 11.3. The number of rotatable bonds is 4.